The molecule has 0 aromatic carbocycles. The quantitative estimate of drug-likeness (QED) is 0.778. The molecule has 0 unspecified atom stereocenters. The van der Waals surface area contributed by atoms with Gasteiger partial charge in [0.25, 0.3) is 0 Å². The molecule has 2 aliphatic rings. The third-order valence-corrected chi connectivity index (χ3v) is 4.47. The van der Waals surface area contributed by atoms with E-state index in [2.05, 4.69) is 4.90 Å². The van der Waals surface area contributed by atoms with E-state index in [1.165, 1.54) is 64.3 Å². The second kappa shape index (κ2) is 6.61. The van der Waals surface area contributed by atoms with Crippen molar-refractivity contribution in [1.29, 1.82) is 0 Å². The third-order valence-electron chi connectivity index (χ3n) is 4.47. The maximum Gasteiger partial charge on any atom is 0.0108 e. The Hall–Kier alpha value is -0.0800. The molecule has 0 radical (unpaired) electrons. The molecular weight excluding hydrogens is 196 g/mol. The highest BCUT2D eigenvalue weighted by Gasteiger charge is 2.25. The van der Waals surface area contributed by atoms with Gasteiger partial charge in [0, 0.05) is 25.7 Å². The van der Waals surface area contributed by atoms with Crippen molar-refractivity contribution in [2.45, 2.75) is 63.8 Å². The molecule has 2 fully saturated rings. The zero-order valence-corrected chi connectivity index (χ0v) is 10.7. The maximum atomic E-state index is 5.76. The summed E-state index contributed by atoms with van der Waals surface area (Å²) in [4.78, 5) is 2.71. The lowest BCUT2D eigenvalue weighted by Gasteiger charge is -2.33. The molecule has 0 aromatic rings. The van der Waals surface area contributed by atoms with Crippen molar-refractivity contribution in [3.63, 3.8) is 0 Å². The molecule has 0 aliphatic heterocycles. The van der Waals surface area contributed by atoms with Crippen molar-refractivity contribution < 1.29 is 0 Å². The van der Waals surface area contributed by atoms with E-state index < -0.39 is 0 Å². The average Bonchev–Trinajstić information content (AvgIpc) is 2.83. The Bertz CT molecular complexity index is 181. The molecule has 0 spiro atoms. The fourth-order valence-electron chi connectivity index (χ4n) is 3.56. The number of hydrogen-bond donors (Lipinski definition) is 1. The Morgan fingerprint density at radius 3 is 2.12 bits per heavy atom. The lowest BCUT2D eigenvalue weighted by molar-refractivity contribution is 0.154. The first-order valence-electron chi connectivity index (χ1n) is 7.34. The van der Waals surface area contributed by atoms with Crippen LogP contribution in [0.25, 0.3) is 0 Å². The topological polar surface area (TPSA) is 29.3 Å². The Morgan fingerprint density at radius 1 is 0.875 bits per heavy atom. The van der Waals surface area contributed by atoms with Gasteiger partial charge in [0.2, 0.25) is 0 Å². The molecule has 2 rings (SSSR count). The molecule has 2 aliphatic carbocycles. The van der Waals surface area contributed by atoms with Gasteiger partial charge in [-0.1, -0.05) is 32.1 Å². The van der Waals surface area contributed by atoms with Gasteiger partial charge in [0.05, 0.1) is 0 Å². The Labute approximate surface area is 101 Å². The van der Waals surface area contributed by atoms with Gasteiger partial charge < -0.3 is 5.73 Å². The second-order valence-electron chi connectivity index (χ2n) is 5.73. The standard InChI is InChI=1S/C14H28N2/c15-10-11-16(14-8-4-5-9-14)12-13-6-2-1-3-7-13/h13-14H,1-12,15H2. The summed E-state index contributed by atoms with van der Waals surface area (Å²) in [5.74, 6) is 0.973. The predicted molar refractivity (Wildman–Crippen MR) is 69.5 cm³/mol. The van der Waals surface area contributed by atoms with E-state index in [4.69, 9.17) is 5.73 Å². The van der Waals surface area contributed by atoms with Crippen LogP contribution >= 0.6 is 0 Å². The summed E-state index contributed by atoms with van der Waals surface area (Å²) in [6.07, 6.45) is 13.1. The summed E-state index contributed by atoms with van der Waals surface area (Å²) in [5, 5.41) is 0. The van der Waals surface area contributed by atoms with Crippen molar-refractivity contribution in [2.75, 3.05) is 19.6 Å². The minimum Gasteiger partial charge on any atom is -0.329 e. The highest BCUT2D eigenvalue weighted by molar-refractivity contribution is 4.80. The Kier molecular flexibility index (Phi) is 5.11. The van der Waals surface area contributed by atoms with E-state index in [-0.39, 0.29) is 0 Å². The van der Waals surface area contributed by atoms with Crippen LogP contribution in [-0.2, 0) is 0 Å². The van der Waals surface area contributed by atoms with Gasteiger partial charge in [-0.05, 0) is 31.6 Å². The predicted octanol–water partition coefficient (Wildman–Crippen LogP) is 2.77. The molecule has 16 heavy (non-hydrogen) atoms. The van der Waals surface area contributed by atoms with Crippen molar-refractivity contribution in [3.8, 4) is 0 Å². The van der Waals surface area contributed by atoms with Gasteiger partial charge in [-0.25, -0.2) is 0 Å². The SMILES string of the molecule is NCCN(CC1CCCCC1)C1CCCC1. The molecule has 0 amide bonds. The normalized spacial score (nSPS) is 24.4. The smallest absolute Gasteiger partial charge is 0.0108 e. The van der Waals surface area contributed by atoms with Crippen molar-refractivity contribution in [1.82, 2.24) is 4.90 Å². The molecule has 2 nitrogen and oxygen atoms in total. The molecule has 2 N–H and O–H groups in total. The minimum atomic E-state index is 0.837. The monoisotopic (exact) mass is 224 g/mol. The lowest BCUT2D eigenvalue weighted by Crippen LogP contribution is -2.40. The molecule has 0 aromatic heterocycles. The van der Waals surface area contributed by atoms with Crippen molar-refractivity contribution in [2.24, 2.45) is 11.7 Å². The summed E-state index contributed by atoms with van der Waals surface area (Å²) in [6.45, 7) is 3.30. The Balaban J connectivity index is 1.80. The first kappa shape index (κ1) is 12.4. The first-order valence-corrected chi connectivity index (χ1v) is 7.34. The highest BCUT2D eigenvalue weighted by Crippen LogP contribution is 2.28. The van der Waals surface area contributed by atoms with Crippen LogP contribution in [0.4, 0.5) is 0 Å². The van der Waals surface area contributed by atoms with Gasteiger partial charge in [0.15, 0.2) is 0 Å². The molecule has 94 valence electrons. The molecular formula is C14H28N2. The van der Waals surface area contributed by atoms with Gasteiger partial charge in [0.1, 0.15) is 0 Å². The van der Waals surface area contributed by atoms with E-state index in [1.54, 1.807) is 0 Å². The van der Waals surface area contributed by atoms with Crippen molar-refractivity contribution >= 4 is 0 Å². The van der Waals surface area contributed by atoms with Crippen LogP contribution in [0, 0.1) is 5.92 Å². The molecule has 0 heterocycles. The summed E-state index contributed by atoms with van der Waals surface area (Å²) in [6, 6.07) is 0.866. The largest absolute Gasteiger partial charge is 0.329 e. The van der Waals surface area contributed by atoms with E-state index >= 15 is 0 Å². The summed E-state index contributed by atoms with van der Waals surface area (Å²) >= 11 is 0. The highest BCUT2D eigenvalue weighted by atomic mass is 15.2. The number of nitrogens with two attached hydrogens (primary N) is 1. The van der Waals surface area contributed by atoms with E-state index in [9.17, 15) is 0 Å². The lowest BCUT2D eigenvalue weighted by atomic mass is 9.88. The number of hydrogen-bond acceptors (Lipinski definition) is 2. The molecule has 2 heteroatoms. The van der Waals surface area contributed by atoms with Gasteiger partial charge in [-0.3, -0.25) is 4.90 Å². The van der Waals surface area contributed by atoms with Gasteiger partial charge in [-0.15, -0.1) is 0 Å². The van der Waals surface area contributed by atoms with Crippen molar-refractivity contribution in [3.05, 3.63) is 0 Å². The van der Waals surface area contributed by atoms with Crippen LogP contribution < -0.4 is 5.73 Å². The van der Waals surface area contributed by atoms with E-state index in [1.807, 2.05) is 0 Å². The minimum absolute atomic E-state index is 0.837. The van der Waals surface area contributed by atoms with Crippen LogP contribution in [0.15, 0.2) is 0 Å². The fraction of sp³-hybridized carbons (Fsp3) is 1.00. The van der Waals surface area contributed by atoms with E-state index in [0.717, 1.165) is 25.0 Å². The maximum absolute atomic E-state index is 5.76. The Morgan fingerprint density at radius 2 is 1.50 bits per heavy atom. The number of rotatable bonds is 5. The van der Waals surface area contributed by atoms with Crippen LogP contribution in [0.2, 0.25) is 0 Å². The average molecular weight is 224 g/mol. The van der Waals surface area contributed by atoms with Crippen LogP contribution in [-0.4, -0.2) is 30.6 Å². The van der Waals surface area contributed by atoms with Gasteiger partial charge >= 0.3 is 0 Å². The summed E-state index contributed by atoms with van der Waals surface area (Å²) in [7, 11) is 0. The van der Waals surface area contributed by atoms with Gasteiger partial charge in [-0.2, -0.15) is 0 Å². The summed E-state index contributed by atoms with van der Waals surface area (Å²) in [5.41, 5.74) is 5.76. The van der Waals surface area contributed by atoms with E-state index in [0.29, 0.717) is 0 Å². The first-order chi connectivity index (χ1) is 7.90. The molecule has 0 saturated heterocycles. The second-order valence-corrected chi connectivity index (χ2v) is 5.73. The molecule has 0 bridgehead atoms. The van der Waals surface area contributed by atoms with Crippen LogP contribution in [0.1, 0.15) is 57.8 Å². The van der Waals surface area contributed by atoms with Crippen LogP contribution in [0.5, 0.6) is 0 Å². The molecule has 0 atom stereocenters. The van der Waals surface area contributed by atoms with Crippen LogP contribution in [0.3, 0.4) is 0 Å². The zero-order valence-electron chi connectivity index (χ0n) is 10.7. The fourth-order valence-corrected chi connectivity index (χ4v) is 3.56. The third kappa shape index (κ3) is 3.46. The zero-order chi connectivity index (χ0) is 11.2. The number of nitrogens with zero attached hydrogens (tertiary/aromatic N) is 1. The molecule has 2 saturated carbocycles. The summed E-state index contributed by atoms with van der Waals surface area (Å²) < 4.78 is 0.